The van der Waals surface area contributed by atoms with Crippen molar-refractivity contribution in [2.24, 2.45) is 0 Å². The van der Waals surface area contributed by atoms with Crippen LogP contribution in [0.1, 0.15) is 271 Å². The second-order valence-corrected chi connectivity index (χ2v) is 22.8. The summed E-state index contributed by atoms with van der Waals surface area (Å²) in [7, 11) is 1.55. The summed E-state index contributed by atoms with van der Waals surface area (Å²) in [5.41, 5.74) is 0. The number of aliphatic hydroxyl groups excluding tert-OH is 1. The van der Waals surface area contributed by atoms with Crippen LogP contribution >= 0.6 is 7.82 Å². The Bertz CT molecular complexity index is 1320. The molecular formula is C61H116N2O6P+. The van der Waals surface area contributed by atoms with E-state index in [1.54, 1.807) is 6.08 Å². The van der Waals surface area contributed by atoms with Gasteiger partial charge in [0.05, 0.1) is 39.9 Å². The molecule has 0 saturated heterocycles. The minimum absolute atomic E-state index is 0.0526. The molecule has 0 radical (unpaired) electrons. The van der Waals surface area contributed by atoms with Gasteiger partial charge in [-0.2, -0.15) is 0 Å². The molecule has 3 N–H and O–H groups in total. The van der Waals surface area contributed by atoms with E-state index in [9.17, 15) is 19.4 Å². The lowest BCUT2D eigenvalue weighted by Crippen LogP contribution is -2.45. The predicted molar refractivity (Wildman–Crippen MR) is 304 cm³/mol. The lowest BCUT2D eigenvalue weighted by Gasteiger charge is -2.25. The van der Waals surface area contributed by atoms with Crippen molar-refractivity contribution in [1.82, 2.24) is 5.32 Å². The van der Waals surface area contributed by atoms with Gasteiger partial charge in [0.15, 0.2) is 0 Å². The molecule has 0 aliphatic heterocycles. The fourth-order valence-corrected chi connectivity index (χ4v) is 9.25. The number of aliphatic hydroxyl groups is 1. The number of unbranched alkanes of at least 4 members (excludes halogenated alkanes) is 33. The number of carbonyl (C=O) groups excluding carboxylic acids is 1. The monoisotopic (exact) mass is 1000 g/mol. The quantitative estimate of drug-likeness (QED) is 0.0243. The van der Waals surface area contributed by atoms with Crippen LogP contribution in [0.15, 0.2) is 60.8 Å². The molecule has 0 rings (SSSR count). The summed E-state index contributed by atoms with van der Waals surface area (Å²) in [6, 6.07) is -0.870. The standard InChI is InChI=1S/C61H115N2O6P/c1-6-8-10-12-14-16-18-20-21-22-23-24-25-26-27-28-29-30-31-32-33-34-35-36-37-38-39-40-41-43-45-47-49-51-53-55-61(65)62-59(58-69-70(66,67)68-57-56-63(3,4)5)60(64)54-52-50-48-46-44-42-19-17-15-13-11-9-7-2/h15,17,25-26,28-29,44,46,52,54,59-60,64H,6-14,16,18-24,27,30-43,45,47-51,53,55-58H2,1-5H3,(H-,62,65,66,67)/p+1/b17-15+,26-25-,29-28-,46-44+,54-52+. The third-order valence-corrected chi connectivity index (χ3v) is 14.2. The lowest BCUT2D eigenvalue weighted by atomic mass is 10.0. The van der Waals surface area contributed by atoms with Crippen LogP contribution in [0.4, 0.5) is 0 Å². The Balaban J connectivity index is 4.00. The normalized spacial score (nSPS) is 14.3. The molecular weight excluding hydrogens is 888 g/mol. The average molecular weight is 1000 g/mol. The summed E-state index contributed by atoms with van der Waals surface area (Å²) in [5.74, 6) is -0.191. The molecule has 0 spiro atoms. The topological polar surface area (TPSA) is 105 Å². The van der Waals surface area contributed by atoms with Crippen molar-refractivity contribution in [3.05, 3.63) is 60.8 Å². The summed E-state index contributed by atoms with van der Waals surface area (Å²) in [6.45, 7) is 4.76. The molecule has 8 nitrogen and oxygen atoms in total. The van der Waals surface area contributed by atoms with Crippen LogP contribution in [0, 0.1) is 0 Å². The van der Waals surface area contributed by atoms with Crippen LogP contribution in [0.5, 0.6) is 0 Å². The maximum Gasteiger partial charge on any atom is 0.472 e. The number of allylic oxidation sites excluding steroid dienone is 9. The van der Waals surface area contributed by atoms with Gasteiger partial charge in [0.25, 0.3) is 0 Å². The fraction of sp³-hybridized carbons (Fsp3) is 0.820. The maximum absolute atomic E-state index is 12.9. The Kier molecular flexibility index (Phi) is 50.7. The Morgan fingerprint density at radius 1 is 0.486 bits per heavy atom. The number of amides is 1. The van der Waals surface area contributed by atoms with Gasteiger partial charge in [-0.25, -0.2) is 4.57 Å². The van der Waals surface area contributed by atoms with E-state index in [1.807, 2.05) is 27.2 Å². The number of rotatable bonds is 54. The van der Waals surface area contributed by atoms with Gasteiger partial charge in [-0.1, -0.05) is 248 Å². The first-order chi connectivity index (χ1) is 34.0. The first-order valence-corrected chi connectivity index (χ1v) is 31.2. The van der Waals surface area contributed by atoms with Crippen molar-refractivity contribution >= 4 is 13.7 Å². The molecule has 0 heterocycles. The number of hydrogen-bond acceptors (Lipinski definition) is 5. The minimum atomic E-state index is -4.36. The first-order valence-electron chi connectivity index (χ1n) is 29.7. The van der Waals surface area contributed by atoms with E-state index in [0.717, 1.165) is 57.8 Å². The van der Waals surface area contributed by atoms with E-state index >= 15 is 0 Å². The number of nitrogens with zero attached hydrogens (tertiary/aromatic N) is 1. The van der Waals surface area contributed by atoms with Crippen molar-refractivity contribution in [2.45, 2.75) is 283 Å². The highest BCUT2D eigenvalue weighted by atomic mass is 31.2. The molecule has 1 amide bonds. The molecule has 3 atom stereocenters. The van der Waals surface area contributed by atoms with Crippen molar-refractivity contribution in [2.75, 3.05) is 40.9 Å². The number of quaternary nitrogens is 1. The van der Waals surface area contributed by atoms with Gasteiger partial charge in [0.1, 0.15) is 13.2 Å². The van der Waals surface area contributed by atoms with Crippen LogP contribution in [-0.2, 0) is 18.4 Å². The molecule has 0 bridgehead atoms. The van der Waals surface area contributed by atoms with E-state index in [1.165, 1.54) is 193 Å². The summed E-state index contributed by atoms with van der Waals surface area (Å²) < 4.78 is 23.6. The van der Waals surface area contributed by atoms with Crippen molar-refractivity contribution in [3.8, 4) is 0 Å². The third-order valence-electron chi connectivity index (χ3n) is 13.2. The van der Waals surface area contributed by atoms with E-state index < -0.39 is 20.0 Å². The van der Waals surface area contributed by atoms with E-state index in [2.05, 4.69) is 67.8 Å². The average Bonchev–Trinajstić information content (AvgIpc) is 3.32. The Morgan fingerprint density at radius 3 is 1.26 bits per heavy atom. The summed E-state index contributed by atoms with van der Waals surface area (Å²) in [4.78, 5) is 23.2. The van der Waals surface area contributed by atoms with Gasteiger partial charge in [-0.15, -0.1) is 0 Å². The highest BCUT2D eigenvalue weighted by Crippen LogP contribution is 2.43. The number of phosphoric acid groups is 1. The third kappa shape index (κ3) is 54.0. The smallest absolute Gasteiger partial charge is 0.387 e. The van der Waals surface area contributed by atoms with Crippen LogP contribution < -0.4 is 5.32 Å². The van der Waals surface area contributed by atoms with E-state index in [4.69, 9.17) is 9.05 Å². The van der Waals surface area contributed by atoms with Crippen LogP contribution in [0.3, 0.4) is 0 Å². The number of likely N-dealkylation sites (N-methyl/N-ethyl adjacent to an activating group) is 1. The van der Waals surface area contributed by atoms with Gasteiger partial charge in [-0.05, 0) is 77.0 Å². The zero-order chi connectivity index (χ0) is 51.3. The number of hydrogen-bond donors (Lipinski definition) is 3. The number of phosphoric ester groups is 1. The van der Waals surface area contributed by atoms with Crippen molar-refractivity contribution in [3.63, 3.8) is 0 Å². The van der Waals surface area contributed by atoms with E-state index in [0.29, 0.717) is 17.4 Å². The summed E-state index contributed by atoms with van der Waals surface area (Å²) in [6.07, 6.45) is 70.7. The van der Waals surface area contributed by atoms with Gasteiger partial charge < -0.3 is 19.8 Å². The molecule has 9 heteroatoms. The van der Waals surface area contributed by atoms with Gasteiger partial charge in [0.2, 0.25) is 5.91 Å². The summed E-state index contributed by atoms with van der Waals surface area (Å²) in [5, 5.41) is 13.9. The molecule has 0 aliphatic carbocycles. The highest BCUT2D eigenvalue weighted by molar-refractivity contribution is 7.47. The molecule has 3 unspecified atom stereocenters. The van der Waals surface area contributed by atoms with Crippen LogP contribution in [0.25, 0.3) is 0 Å². The molecule has 410 valence electrons. The Hall–Kier alpha value is -1.80. The second kappa shape index (κ2) is 52.1. The second-order valence-electron chi connectivity index (χ2n) is 21.3. The van der Waals surface area contributed by atoms with Gasteiger partial charge in [-0.3, -0.25) is 13.8 Å². The largest absolute Gasteiger partial charge is 0.472 e. The number of nitrogens with one attached hydrogen (secondary N) is 1. The van der Waals surface area contributed by atoms with Gasteiger partial charge in [0, 0.05) is 6.42 Å². The first kappa shape index (κ1) is 68.2. The lowest BCUT2D eigenvalue weighted by molar-refractivity contribution is -0.870. The molecule has 70 heavy (non-hydrogen) atoms. The van der Waals surface area contributed by atoms with Crippen molar-refractivity contribution in [1.29, 1.82) is 0 Å². The van der Waals surface area contributed by atoms with Crippen LogP contribution in [0.2, 0.25) is 0 Å². The van der Waals surface area contributed by atoms with Gasteiger partial charge >= 0.3 is 7.82 Å². The maximum atomic E-state index is 12.9. The fourth-order valence-electron chi connectivity index (χ4n) is 8.52. The molecule has 0 saturated carbocycles. The molecule has 0 aromatic rings. The molecule has 0 aliphatic rings. The molecule has 0 fully saturated rings. The summed E-state index contributed by atoms with van der Waals surface area (Å²) >= 11 is 0. The highest BCUT2D eigenvalue weighted by Gasteiger charge is 2.27. The minimum Gasteiger partial charge on any atom is -0.387 e. The predicted octanol–water partition coefficient (Wildman–Crippen LogP) is 18.1. The Morgan fingerprint density at radius 2 is 0.829 bits per heavy atom. The molecule has 0 aromatic heterocycles. The SMILES string of the molecule is CCCCC/C=C/CC/C=C/CC/C=C/C(O)C(COP(=O)(O)OCC[N+](C)(C)C)NC(=O)CCCCCCCCCCCCCCCCCCC/C=C\C/C=C\CCCCCCCCCCCCC. The zero-order valence-corrected chi connectivity index (χ0v) is 47.7. The molecule has 0 aromatic carbocycles. The number of carbonyl (C=O) groups is 1. The van der Waals surface area contributed by atoms with E-state index in [-0.39, 0.29) is 19.1 Å². The van der Waals surface area contributed by atoms with Crippen molar-refractivity contribution < 1.29 is 32.9 Å². The van der Waals surface area contributed by atoms with Crippen LogP contribution in [-0.4, -0.2) is 73.4 Å². The Labute approximate surface area is 434 Å². The zero-order valence-electron chi connectivity index (χ0n) is 46.8.